The van der Waals surface area contributed by atoms with Gasteiger partial charge in [0.2, 0.25) is 5.89 Å². The number of aromatic nitrogens is 2. The summed E-state index contributed by atoms with van der Waals surface area (Å²) in [4.78, 5) is 14.4. The molecule has 1 saturated heterocycles. The lowest BCUT2D eigenvalue weighted by Gasteiger charge is -2.18. The van der Waals surface area contributed by atoms with E-state index in [-0.39, 0.29) is 6.42 Å². The average Bonchev–Trinajstić information content (AvgIpc) is 2.68. The van der Waals surface area contributed by atoms with E-state index in [0.717, 1.165) is 12.7 Å². The number of carbonyl (C=O) groups is 1. The fourth-order valence-electron chi connectivity index (χ4n) is 1.75. The van der Waals surface area contributed by atoms with E-state index in [9.17, 15) is 4.79 Å². The second kappa shape index (κ2) is 5.30. The number of nitrogens with zero attached hydrogens (tertiary/aromatic N) is 2. The van der Waals surface area contributed by atoms with Crippen molar-refractivity contribution in [2.45, 2.75) is 25.7 Å². The molecular weight excluding hydrogens is 212 g/mol. The molecule has 1 aliphatic rings. The fraction of sp³-hybridized carbons (Fsp3) is 0.700. The molecule has 1 atom stereocenters. The predicted molar refractivity (Wildman–Crippen MR) is 57.8 cm³/mol. The van der Waals surface area contributed by atoms with Gasteiger partial charge in [0.05, 0.1) is 6.42 Å². The highest BCUT2D eigenvalue weighted by Crippen LogP contribution is 2.25. The molecule has 0 N–H and O–H groups in total. The summed E-state index contributed by atoms with van der Waals surface area (Å²) in [5.41, 5.74) is 0. The van der Waals surface area contributed by atoms with Crippen LogP contribution in [0.3, 0.4) is 0 Å². The number of thioether (sulfide) groups is 1. The minimum absolute atomic E-state index is 0.253. The zero-order valence-electron chi connectivity index (χ0n) is 8.52. The Kier molecular flexibility index (Phi) is 3.77. The van der Waals surface area contributed by atoms with Crippen LogP contribution in [0.25, 0.3) is 0 Å². The van der Waals surface area contributed by atoms with Crippen LogP contribution in [0.1, 0.15) is 24.6 Å². The van der Waals surface area contributed by atoms with E-state index in [0.29, 0.717) is 17.6 Å². The summed E-state index contributed by atoms with van der Waals surface area (Å²) in [6.07, 6.45) is 4.44. The van der Waals surface area contributed by atoms with Gasteiger partial charge in [0, 0.05) is 6.42 Å². The highest BCUT2D eigenvalue weighted by Gasteiger charge is 2.17. The van der Waals surface area contributed by atoms with E-state index in [1.807, 2.05) is 11.8 Å². The van der Waals surface area contributed by atoms with Crippen molar-refractivity contribution in [1.82, 2.24) is 10.1 Å². The van der Waals surface area contributed by atoms with Gasteiger partial charge in [-0.15, -0.1) is 0 Å². The van der Waals surface area contributed by atoms with Crippen molar-refractivity contribution in [3.63, 3.8) is 0 Å². The van der Waals surface area contributed by atoms with E-state index < -0.39 is 0 Å². The van der Waals surface area contributed by atoms with E-state index >= 15 is 0 Å². The molecule has 0 aliphatic carbocycles. The summed E-state index contributed by atoms with van der Waals surface area (Å²) < 4.78 is 5.09. The molecular formula is C10H14N2O2S. The molecule has 5 heteroatoms. The molecule has 4 nitrogen and oxygen atoms in total. The van der Waals surface area contributed by atoms with Gasteiger partial charge in [0.25, 0.3) is 0 Å². The van der Waals surface area contributed by atoms with Crippen molar-refractivity contribution in [2.24, 2.45) is 5.92 Å². The van der Waals surface area contributed by atoms with Gasteiger partial charge >= 0.3 is 0 Å². The maximum atomic E-state index is 10.2. The third-order valence-electron chi connectivity index (χ3n) is 2.49. The molecule has 1 fully saturated rings. The Bertz CT molecular complexity index is 321. The van der Waals surface area contributed by atoms with E-state index in [4.69, 9.17) is 4.52 Å². The molecule has 0 amide bonds. The largest absolute Gasteiger partial charge is 0.339 e. The SMILES string of the molecule is O=CCc1noc(CC2CCCSC2)n1. The maximum absolute atomic E-state index is 10.2. The smallest absolute Gasteiger partial charge is 0.226 e. The van der Waals surface area contributed by atoms with Crippen LogP contribution < -0.4 is 0 Å². The quantitative estimate of drug-likeness (QED) is 0.728. The van der Waals surface area contributed by atoms with Crippen molar-refractivity contribution < 1.29 is 9.32 Å². The third-order valence-corrected chi connectivity index (χ3v) is 3.78. The van der Waals surface area contributed by atoms with Crippen LogP contribution in [0.2, 0.25) is 0 Å². The minimum Gasteiger partial charge on any atom is -0.339 e. The first-order chi connectivity index (χ1) is 7.38. The molecule has 1 aromatic heterocycles. The Hall–Kier alpha value is -0.840. The van der Waals surface area contributed by atoms with Gasteiger partial charge in [-0.25, -0.2) is 0 Å². The first-order valence-corrected chi connectivity index (χ1v) is 6.37. The summed E-state index contributed by atoms with van der Waals surface area (Å²) in [6, 6.07) is 0. The average molecular weight is 226 g/mol. The summed E-state index contributed by atoms with van der Waals surface area (Å²) >= 11 is 1.99. The van der Waals surface area contributed by atoms with Gasteiger partial charge in [0.1, 0.15) is 6.29 Å². The van der Waals surface area contributed by atoms with Crippen LogP contribution in [0, 0.1) is 5.92 Å². The second-order valence-corrected chi connectivity index (χ2v) is 4.91. The number of aldehydes is 1. The second-order valence-electron chi connectivity index (χ2n) is 3.76. The Morgan fingerprint density at radius 1 is 1.60 bits per heavy atom. The highest BCUT2D eigenvalue weighted by atomic mass is 32.2. The van der Waals surface area contributed by atoms with Crippen LogP contribution in [0.15, 0.2) is 4.52 Å². The summed E-state index contributed by atoms with van der Waals surface area (Å²) in [5, 5.41) is 3.75. The monoisotopic (exact) mass is 226 g/mol. The van der Waals surface area contributed by atoms with Crippen LogP contribution in [-0.4, -0.2) is 27.9 Å². The minimum atomic E-state index is 0.253. The van der Waals surface area contributed by atoms with Crippen molar-refractivity contribution in [1.29, 1.82) is 0 Å². The first-order valence-electron chi connectivity index (χ1n) is 5.21. The lowest BCUT2D eigenvalue weighted by molar-refractivity contribution is -0.107. The van der Waals surface area contributed by atoms with E-state index in [1.165, 1.54) is 24.3 Å². The van der Waals surface area contributed by atoms with Crippen molar-refractivity contribution in [2.75, 3.05) is 11.5 Å². The van der Waals surface area contributed by atoms with Crippen molar-refractivity contribution in [3.05, 3.63) is 11.7 Å². The Morgan fingerprint density at radius 3 is 3.27 bits per heavy atom. The van der Waals surface area contributed by atoms with Crippen molar-refractivity contribution in [3.8, 4) is 0 Å². The summed E-state index contributed by atoms with van der Waals surface area (Å²) in [5.74, 6) is 4.30. The van der Waals surface area contributed by atoms with Gasteiger partial charge < -0.3 is 9.32 Å². The molecule has 0 radical (unpaired) electrons. The molecule has 2 heterocycles. The van der Waals surface area contributed by atoms with Crippen LogP contribution in [0.5, 0.6) is 0 Å². The van der Waals surface area contributed by atoms with Gasteiger partial charge in [-0.2, -0.15) is 16.7 Å². The van der Waals surface area contributed by atoms with E-state index in [1.54, 1.807) is 0 Å². The van der Waals surface area contributed by atoms with Crippen molar-refractivity contribution >= 4 is 18.0 Å². The number of carbonyl (C=O) groups excluding carboxylic acids is 1. The topological polar surface area (TPSA) is 56.0 Å². The number of rotatable bonds is 4. The lowest BCUT2D eigenvalue weighted by Crippen LogP contribution is -2.13. The Morgan fingerprint density at radius 2 is 2.53 bits per heavy atom. The van der Waals surface area contributed by atoms with Crippen LogP contribution in [-0.2, 0) is 17.6 Å². The molecule has 1 unspecified atom stereocenters. The predicted octanol–water partition coefficient (Wildman–Crippen LogP) is 1.50. The molecule has 15 heavy (non-hydrogen) atoms. The molecule has 1 aromatic rings. The normalized spacial score (nSPS) is 21.5. The van der Waals surface area contributed by atoms with Gasteiger partial charge in [-0.05, 0) is 30.3 Å². The zero-order chi connectivity index (χ0) is 10.5. The summed E-state index contributed by atoms with van der Waals surface area (Å²) in [6.45, 7) is 0. The van der Waals surface area contributed by atoms with Crippen LogP contribution in [0.4, 0.5) is 0 Å². The lowest BCUT2D eigenvalue weighted by atomic mass is 10.0. The molecule has 0 bridgehead atoms. The summed E-state index contributed by atoms with van der Waals surface area (Å²) in [7, 11) is 0. The fourth-order valence-corrected chi connectivity index (χ4v) is 2.90. The van der Waals surface area contributed by atoms with E-state index in [2.05, 4.69) is 10.1 Å². The third kappa shape index (κ3) is 3.06. The zero-order valence-corrected chi connectivity index (χ0v) is 9.33. The molecule has 82 valence electrons. The van der Waals surface area contributed by atoms with Gasteiger partial charge in [-0.3, -0.25) is 0 Å². The maximum Gasteiger partial charge on any atom is 0.226 e. The number of hydrogen-bond donors (Lipinski definition) is 0. The number of hydrogen-bond acceptors (Lipinski definition) is 5. The Labute approximate surface area is 92.8 Å². The van der Waals surface area contributed by atoms with Gasteiger partial charge in [0.15, 0.2) is 5.82 Å². The molecule has 2 rings (SSSR count). The molecule has 1 aliphatic heterocycles. The highest BCUT2D eigenvalue weighted by molar-refractivity contribution is 7.99. The Balaban J connectivity index is 1.88. The molecule has 0 spiro atoms. The van der Waals surface area contributed by atoms with Gasteiger partial charge in [-0.1, -0.05) is 5.16 Å². The first kappa shape index (κ1) is 10.7. The molecule has 0 saturated carbocycles. The van der Waals surface area contributed by atoms with Crippen LogP contribution >= 0.6 is 11.8 Å². The standard InChI is InChI=1S/C10H14N2O2S/c13-4-3-9-11-10(14-12-9)6-8-2-1-5-15-7-8/h4,8H,1-3,5-7H2. The molecule has 0 aromatic carbocycles.